The van der Waals surface area contributed by atoms with Gasteiger partial charge in [0.15, 0.2) is 6.10 Å². The van der Waals surface area contributed by atoms with Crippen molar-refractivity contribution in [2.75, 3.05) is 5.32 Å². The summed E-state index contributed by atoms with van der Waals surface area (Å²) in [6.07, 6.45) is -1.07. The van der Waals surface area contributed by atoms with E-state index >= 15 is 0 Å². The predicted molar refractivity (Wildman–Crippen MR) is 109 cm³/mol. The molecule has 8 nitrogen and oxygen atoms in total. The van der Waals surface area contributed by atoms with Crippen molar-refractivity contribution < 1.29 is 19.1 Å². The Morgan fingerprint density at radius 3 is 2.28 bits per heavy atom. The van der Waals surface area contributed by atoms with Crippen molar-refractivity contribution in [1.82, 2.24) is 15.1 Å². The molecular weight excluding hydrogens is 372 g/mol. The van der Waals surface area contributed by atoms with Crippen molar-refractivity contribution in [3.8, 4) is 0 Å². The first-order valence-electron chi connectivity index (χ1n) is 9.42. The summed E-state index contributed by atoms with van der Waals surface area (Å²) in [5, 5.41) is 9.76. The van der Waals surface area contributed by atoms with E-state index in [1.807, 2.05) is 38.1 Å². The van der Waals surface area contributed by atoms with Gasteiger partial charge in [-0.3, -0.25) is 19.1 Å². The van der Waals surface area contributed by atoms with E-state index in [0.717, 1.165) is 16.8 Å². The number of rotatable bonds is 7. The highest BCUT2D eigenvalue weighted by molar-refractivity contribution is 5.96. The van der Waals surface area contributed by atoms with Gasteiger partial charge in [-0.1, -0.05) is 29.8 Å². The quantitative estimate of drug-likeness (QED) is 0.695. The summed E-state index contributed by atoms with van der Waals surface area (Å²) >= 11 is 0. The number of carbonyl (C=O) groups excluding carboxylic acids is 3. The van der Waals surface area contributed by atoms with Crippen LogP contribution in [0, 0.1) is 20.8 Å². The molecule has 0 spiro atoms. The van der Waals surface area contributed by atoms with Gasteiger partial charge in [-0.25, -0.2) is 0 Å². The number of aryl methyl sites for hydroxylation is 3. The zero-order valence-corrected chi connectivity index (χ0v) is 17.7. The van der Waals surface area contributed by atoms with Crippen molar-refractivity contribution >= 4 is 23.5 Å². The van der Waals surface area contributed by atoms with Crippen molar-refractivity contribution in [3.63, 3.8) is 0 Å². The topological polar surface area (TPSA) is 102 Å². The number of nitrogens with zero attached hydrogens (tertiary/aromatic N) is 2. The molecule has 0 radical (unpaired) electrons. The summed E-state index contributed by atoms with van der Waals surface area (Å²) in [5.74, 6) is -1.27. The number of nitrogens with one attached hydrogen (secondary N) is 2. The second-order valence-corrected chi connectivity index (χ2v) is 7.16. The fraction of sp³-hybridized carbons (Fsp3) is 0.429. The Kier molecular flexibility index (Phi) is 7.14. The van der Waals surface area contributed by atoms with Crippen LogP contribution >= 0.6 is 0 Å². The van der Waals surface area contributed by atoms with Crippen molar-refractivity contribution in [2.24, 2.45) is 7.05 Å². The van der Waals surface area contributed by atoms with Crippen LogP contribution in [0.25, 0.3) is 0 Å². The van der Waals surface area contributed by atoms with Gasteiger partial charge in [0, 0.05) is 14.0 Å². The number of esters is 1. The number of carbonyl (C=O) groups is 3. The van der Waals surface area contributed by atoms with Crippen LogP contribution in [0.5, 0.6) is 0 Å². The Balaban J connectivity index is 2.01. The minimum atomic E-state index is -0.988. The fourth-order valence-electron chi connectivity index (χ4n) is 2.94. The van der Waals surface area contributed by atoms with Crippen LogP contribution in [0.3, 0.4) is 0 Å². The van der Waals surface area contributed by atoms with E-state index in [1.165, 1.54) is 13.8 Å². The van der Waals surface area contributed by atoms with E-state index in [9.17, 15) is 14.4 Å². The maximum Gasteiger partial charge on any atom is 0.309 e. The van der Waals surface area contributed by atoms with Gasteiger partial charge in [0.1, 0.15) is 0 Å². The maximum atomic E-state index is 12.4. The van der Waals surface area contributed by atoms with Crippen molar-refractivity contribution in [2.45, 2.75) is 53.2 Å². The molecule has 2 unspecified atom stereocenters. The highest BCUT2D eigenvalue weighted by Gasteiger charge is 2.24. The average Bonchev–Trinajstić information content (AvgIpc) is 2.87. The van der Waals surface area contributed by atoms with Crippen LogP contribution in [-0.2, 0) is 26.2 Å². The minimum Gasteiger partial charge on any atom is -0.452 e. The van der Waals surface area contributed by atoms with E-state index in [4.69, 9.17) is 4.74 Å². The monoisotopic (exact) mass is 400 g/mol. The smallest absolute Gasteiger partial charge is 0.309 e. The summed E-state index contributed by atoms with van der Waals surface area (Å²) < 4.78 is 6.97. The molecule has 2 aromatic rings. The number of ether oxygens (including phenoxy) is 1. The van der Waals surface area contributed by atoms with Crippen LogP contribution in [0.1, 0.15) is 48.8 Å². The lowest BCUT2D eigenvalue weighted by Crippen LogP contribution is -2.33. The van der Waals surface area contributed by atoms with E-state index in [0.29, 0.717) is 11.4 Å². The third-order valence-corrected chi connectivity index (χ3v) is 4.66. The number of amides is 2. The molecule has 0 aliphatic rings. The number of hydrogen-bond acceptors (Lipinski definition) is 5. The van der Waals surface area contributed by atoms with E-state index in [1.54, 1.807) is 18.7 Å². The zero-order chi connectivity index (χ0) is 21.7. The molecular formula is C21H28N4O4. The molecule has 2 rings (SSSR count). The van der Waals surface area contributed by atoms with E-state index in [2.05, 4.69) is 15.7 Å². The van der Waals surface area contributed by atoms with Gasteiger partial charge >= 0.3 is 5.97 Å². The van der Waals surface area contributed by atoms with Crippen molar-refractivity contribution in [3.05, 3.63) is 46.8 Å². The fourth-order valence-corrected chi connectivity index (χ4v) is 2.94. The molecule has 2 N–H and O–H groups in total. The Labute approximate surface area is 170 Å². The molecule has 1 heterocycles. The number of benzene rings is 1. The molecule has 2 amide bonds. The van der Waals surface area contributed by atoms with E-state index < -0.39 is 24.0 Å². The lowest BCUT2D eigenvalue weighted by atomic mass is 10.0. The second kappa shape index (κ2) is 9.36. The van der Waals surface area contributed by atoms with Crippen LogP contribution < -0.4 is 10.6 Å². The summed E-state index contributed by atoms with van der Waals surface area (Å²) in [7, 11) is 1.79. The maximum absolute atomic E-state index is 12.4. The number of aromatic nitrogens is 2. The molecule has 0 saturated carbocycles. The third kappa shape index (κ3) is 5.91. The molecule has 0 aliphatic carbocycles. The summed E-state index contributed by atoms with van der Waals surface area (Å²) in [6.45, 7) is 8.48. The predicted octanol–water partition coefficient (Wildman–Crippen LogP) is 2.48. The van der Waals surface area contributed by atoms with Gasteiger partial charge in [-0.05, 0) is 33.3 Å². The molecule has 0 saturated heterocycles. The van der Waals surface area contributed by atoms with Gasteiger partial charge < -0.3 is 15.4 Å². The summed E-state index contributed by atoms with van der Waals surface area (Å²) in [5.41, 5.74) is 3.96. The highest BCUT2D eigenvalue weighted by atomic mass is 16.5. The number of hydrogen-bond donors (Lipinski definition) is 2. The summed E-state index contributed by atoms with van der Waals surface area (Å²) in [4.78, 5) is 36.4. The first-order valence-corrected chi connectivity index (χ1v) is 9.42. The molecule has 1 aromatic heterocycles. The minimum absolute atomic E-state index is 0.0782. The molecule has 29 heavy (non-hydrogen) atoms. The third-order valence-electron chi connectivity index (χ3n) is 4.66. The Bertz CT molecular complexity index is 902. The van der Waals surface area contributed by atoms with Gasteiger partial charge in [-0.15, -0.1) is 0 Å². The molecule has 8 heteroatoms. The number of anilines is 1. The van der Waals surface area contributed by atoms with E-state index in [-0.39, 0.29) is 12.3 Å². The first kappa shape index (κ1) is 22.1. The molecule has 156 valence electrons. The standard InChI is InChI=1S/C21H28N4O4/c1-12-7-9-17(10-8-12)18(22-16(5)26)11-19(27)29-15(4)21(28)23-20-13(2)24-25(6)14(20)3/h7-10,15,18H,11H2,1-6H3,(H,22,26)(H,23,28). The van der Waals surface area contributed by atoms with Gasteiger partial charge in [0.05, 0.1) is 29.5 Å². The molecule has 2 atom stereocenters. The van der Waals surface area contributed by atoms with Gasteiger partial charge in [0.2, 0.25) is 5.91 Å². The average molecular weight is 400 g/mol. The Morgan fingerprint density at radius 1 is 1.14 bits per heavy atom. The Morgan fingerprint density at radius 2 is 1.76 bits per heavy atom. The molecule has 0 bridgehead atoms. The zero-order valence-electron chi connectivity index (χ0n) is 17.7. The Hall–Kier alpha value is -3.16. The first-order chi connectivity index (χ1) is 13.6. The van der Waals surface area contributed by atoms with Crippen LogP contribution in [0.2, 0.25) is 0 Å². The van der Waals surface area contributed by atoms with Gasteiger partial charge in [-0.2, -0.15) is 5.10 Å². The lowest BCUT2D eigenvalue weighted by Gasteiger charge is -2.19. The highest BCUT2D eigenvalue weighted by Crippen LogP contribution is 2.20. The van der Waals surface area contributed by atoms with Crippen LogP contribution in [0.4, 0.5) is 5.69 Å². The molecule has 0 fully saturated rings. The normalized spacial score (nSPS) is 12.8. The largest absolute Gasteiger partial charge is 0.452 e. The second-order valence-electron chi connectivity index (χ2n) is 7.16. The lowest BCUT2D eigenvalue weighted by molar-refractivity contribution is -0.153. The van der Waals surface area contributed by atoms with Crippen molar-refractivity contribution in [1.29, 1.82) is 0 Å². The summed E-state index contributed by atoms with van der Waals surface area (Å²) in [6, 6.07) is 6.99. The molecule has 1 aromatic carbocycles. The van der Waals surface area contributed by atoms with Crippen LogP contribution in [-0.4, -0.2) is 33.7 Å². The SMILES string of the molecule is CC(=O)NC(CC(=O)OC(C)C(=O)Nc1c(C)nn(C)c1C)c1ccc(C)cc1. The van der Waals surface area contributed by atoms with Gasteiger partial charge in [0.25, 0.3) is 5.91 Å². The molecule has 0 aliphatic heterocycles. The van der Waals surface area contributed by atoms with Crippen LogP contribution in [0.15, 0.2) is 24.3 Å².